The Morgan fingerprint density at radius 1 is 0.308 bits per heavy atom. The van der Waals surface area contributed by atoms with Crippen LogP contribution >= 0.6 is 11.3 Å². The molecule has 2 aromatic heterocycles. The molecule has 2 heteroatoms. The fourth-order valence-corrected chi connectivity index (χ4v) is 9.79. The molecule has 0 fully saturated rings. The Bertz CT molecular complexity index is 3110. The number of nitrogens with one attached hydrogen (secondary N) is 1. The van der Waals surface area contributed by atoms with Crippen LogP contribution in [0.3, 0.4) is 0 Å². The molecular weight excluding hydrogens is 647 g/mol. The number of fused-ring (bicyclic) bond motifs is 8. The number of hydrogen-bond acceptors (Lipinski definition) is 1. The van der Waals surface area contributed by atoms with Crippen LogP contribution in [-0.4, -0.2) is 4.98 Å². The summed E-state index contributed by atoms with van der Waals surface area (Å²) in [7, 11) is 0. The van der Waals surface area contributed by atoms with E-state index in [-0.39, 0.29) is 0 Å². The molecule has 0 aliphatic rings. The Morgan fingerprint density at radius 3 is 1.50 bits per heavy atom. The zero-order chi connectivity index (χ0) is 34.2. The number of hydrogen-bond donors (Lipinski definition) is 1. The van der Waals surface area contributed by atoms with Crippen LogP contribution in [0.5, 0.6) is 0 Å². The van der Waals surface area contributed by atoms with Crippen molar-refractivity contribution in [1.29, 1.82) is 0 Å². The molecule has 0 amide bonds. The van der Waals surface area contributed by atoms with E-state index in [1.165, 1.54) is 103 Å². The highest BCUT2D eigenvalue weighted by atomic mass is 32.1. The van der Waals surface area contributed by atoms with Crippen molar-refractivity contribution in [1.82, 2.24) is 4.98 Å². The summed E-state index contributed by atoms with van der Waals surface area (Å²) in [5.41, 5.74) is 12.3. The molecule has 11 aromatic rings. The molecule has 0 radical (unpaired) electrons. The Hall–Kier alpha value is -6.48. The van der Waals surface area contributed by atoms with E-state index in [9.17, 15) is 0 Å². The Kier molecular flexibility index (Phi) is 6.49. The molecule has 9 aromatic carbocycles. The van der Waals surface area contributed by atoms with Crippen molar-refractivity contribution < 1.29 is 0 Å². The van der Waals surface area contributed by atoms with Gasteiger partial charge in [-0.15, -0.1) is 11.3 Å². The van der Waals surface area contributed by atoms with Gasteiger partial charge in [0.2, 0.25) is 0 Å². The minimum atomic E-state index is 1.16. The number of H-pyrrole nitrogens is 1. The number of benzene rings is 9. The van der Waals surface area contributed by atoms with E-state index in [4.69, 9.17) is 0 Å². The van der Waals surface area contributed by atoms with Gasteiger partial charge in [-0.25, -0.2) is 0 Å². The fraction of sp³-hybridized carbons (Fsp3) is 0. The molecule has 0 spiro atoms. The van der Waals surface area contributed by atoms with Crippen LogP contribution in [0.15, 0.2) is 182 Å². The first-order valence-corrected chi connectivity index (χ1v) is 18.7. The monoisotopic (exact) mass is 677 g/mol. The van der Waals surface area contributed by atoms with Gasteiger partial charge in [-0.2, -0.15) is 0 Å². The number of aromatic nitrogens is 1. The average molecular weight is 678 g/mol. The SMILES string of the molecule is c1ccc(-c2c3ccccc3c(-c3ccc(-c4c(-c5cccc6c5sc5ccccc56)ccc5c4[nH]c4ccccc45)cc3)c3ccccc23)cc1. The van der Waals surface area contributed by atoms with Crippen molar-refractivity contribution in [2.24, 2.45) is 0 Å². The molecule has 52 heavy (non-hydrogen) atoms. The maximum Gasteiger partial charge on any atom is 0.0550 e. The van der Waals surface area contributed by atoms with Gasteiger partial charge in [-0.05, 0) is 67.1 Å². The Morgan fingerprint density at radius 2 is 0.827 bits per heavy atom. The maximum absolute atomic E-state index is 3.85. The van der Waals surface area contributed by atoms with Crippen molar-refractivity contribution in [2.45, 2.75) is 0 Å². The highest BCUT2D eigenvalue weighted by Crippen LogP contribution is 2.47. The summed E-state index contributed by atoms with van der Waals surface area (Å²) in [6.07, 6.45) is 0. The van der Waals surface area contributed by atoms with Crippen molar-refractivity contribution in [2.75, 3.05) is 0 Å². The van der Waals surface area contributed by atoms with Gasteiger partial charge in [0, 0.05) is 47.6 Å². The van der Waals surface area contributed by atoms with Crippen LogP contribution in [0.1, 0.15) is 0 Å². The van der Waals surface area contributed by atoms with Crippen molar-refractivity contribution in [3.8, 4) is 44.5 Å². The number of para-hydroxylation sites is 1. The Balaban J connectivity index is 1.16. The topological polar surface area (TPSA) is 15.8 Å². The van der Waals surface area contributed by atoms with Crippen LogP contribution in [0.2, 0.25) is 0 Å². The second kappa shape index (κ2) is 11.5. The lowest BCUT2D eigenvalue weighted by Gasteiger charge is -2.18. The maximum atomic E-state index is 3.85. The zero-order valence-corrected chi connectivity index (χ0v) is 29.0. The van der Waals surface area contributed by atoms with Crippen molar-refractivity contribution in [3.63, 3.8) is 0 Å². The van der Waals surface area contributed by atoms with Gasteiger partial charge in [0.05, 0.1) is 5.52 Å². The van der Waals surface area contributed by atoms with E-state index < -0.39 is 0 Å². The minimum Gasteiger partial charge on any atom is -0.354 e. The molecule has 242 valence electrons. The van der Waals surface area contributed by atoms with Gasteiger partial charge in [0.15, 0.2) is 0 Å². The van der Waals surface area contributed by atoms with Crippen LogP contribution in [-0.2, 0) is 0 Å². The van der Waals surface area contributed by atoms with Gasteiger partial charge < -0.3 is 4.98 Å². The lowest BCUT2D eigenvalue weighted by atomic mass is 9.85. The smallest absolute Gasteiger partial charge is 0.0550 e. The molecule has 1 N–H and O–H groups in total. The predicted octanol–water partition coefficient (Wildman–Crippen LogP) is 14.7. The second-order valence-electron chi connectivity index (χ2n) is 13.6. The fourth-order valence-electron chi connectivity index (χ4n) is 8.56. The molecule has 2 heterocycles. The van der Waals surface area contributed by atoms with Crippen LogP contribution in [0.4, 0.5) is 0 Å². The van der Waals surface area contributed by atoms with Crippen LogP contribution < -0.4 is 0 Å². The normalized spacial score (nSPS) is 11.8. The van der Waals surface area contributed by atoms with E-state index >= 15 is 0 Å². The van der Waals surface area contributed by atoms with Crippen molar-refractivity contribution >= 4 is 74.9 Å². The molecule has 0 aliphatic heterocycles. The first-order valence-electron chi connectivity index (χ1n) is 17.9. The molecule has 0 atom stereocenters. The molecule has 0 aliphatic carbocycles. The lowest BCUT2D eigenvalue weighted by Crippen LogP contribution is -1.91. The average Bonchev–Trinajstić information content (AvgIpc) is 3.79. The summed E-state index contributed by atoms with van der Waals surface area (Å²) in [4.78, 5) is 3.85. The van der Waals surface area contributed by atoms with Gasteiger partial charge in [0.1, 0.15) is 0 Å². The van der Waals surface area contributed by atoms with Crippen LogP contribution in [0, 0.1) is 0 Å². The van der Waals surface area contributed by atoms with Gasteiger partial charge in [0.25, 0.3) is 0 Å². The van der Waals surface area contributed by atoms with E-state index in [0.29, 0.717) is 0 Å². The molecular formula is C50H31NS. The number of thiophene rings is 1. The van der Waals surface area contributed by atoms with Gasteiger partial charge >= 0.3 is 0 Å². The van der Waals surface area contributed by atoms with E-state index in [0.717, 1.165) is 5.52 Å². The summed E-state index contributed by atoms with van der Waals surface area (Å²) >= 11 is 1.89. The summed E-state index contributed by atoms with van der Waals surface area (Å²) in [6.45, 7) is 0. The van der Waals surface area contributed by atoms with Gasteiger partial charge in [-0.1, -0.05) is 170 Å². The van der Waals surface area contributed by atoms with Crippen molar-refractivity contribution in [3.05, 3.63) is 182 Å². The molecule has 0 bridgehead atoms. The summed E-state index contributed by atoms with van der Waals surface area (Å²) in [5, 5.41) is 10.2. The summed E-state index contributed by atoms with van der Waals surface area (Å²) in [5.74, 6) is 0. The second-order valence-corrected chi connectivity index (χ2v) is 14.7. The minimum absolute atomic E-state index is 1.16. The molecule has 1 nitrogen and oxygen atoms in total. The summed E-state index contributed by atoms with van der Waals surface area (Å²) < 4.78 is 2.65. The third-order valence-electron chi connectivity index (χ3n) is 10.8. The zero-order valence-electron chi connectivity index (χ0n) is 28.2. The molecule has 0 saturated carbocycles. The highest BCUT2D eigenvalue weighted by Gasteiger charge is 2.20. The van der Waals surface area contributed by atoms with Crippen LogP contribution in [0.25, 0.3) is 108 Å². The van der Waals surface area contributed by atoms with E-state index in [2.05, 4.69) is 187 Å². The molecule has 0 unspecified atom stereocenters. The highest BCUT2D eigenvalue weighted by molar-refractivity contribution is 7.26. The third-order valence-corrected chi connectivity index (χ3v) is 12.1. The third kappa shape index (κ3) is 4.35. The summed E-state index contributed by atoms with van der Waals surface area (Å²) in [6, 6.07) is 66.8. The number of aromatic amines is 1. The first kappa shape index (κ1) is 29.3. The predicted molar refractivity (Wildman–Crippen MR) is 225 cm³/mol. The molecule has 0 saturated heterocycles. The largest absolute Gasteiger partial charge is 0.354 e. The van der Waals surface area contributed by atoms with E-state index in [1.807, 2.05) is 11.3 Å². The van der Waals surface area contributed by atoms with Gasteiger partial charge in [-0.3, -0.25) is 0 Å². The standard InChI is InChI=1S/C50H31NS/c1-2-13-31(14-3-1)46-36-17-4-6-19-38(36)47(39-20-7-5-18-37(39)46)32-25-27-33(28-26-32)48-40(29-30-41-34-15-8-10-23-44(34)51-49(41)48)43-22-12-21-42-35-16-9-11-24-45(35)52-50(42)43/h1-30,51H. The number of rotatable bonds is 4. The quantitative estimate of drug-likeness (QED) is 0.179. The lowest BCUT2D eigenvalue weighted by molar-refractivity contribution is 1.53. The van der Waals surface area contributed by atoms with E-state index in [1.54, 1.807) is 0 Å². The molecule has 11 rings (SSSR count). The first-order chi connectivity index (χ1) is 25.8. The Labute approximate surface area is 305 Å².